The quantitative estimate of drug-likeness (QED) is 0.551. The number of nitro groups is 1. The van der Waals surface area contributed by atoms with Crippen molar-refractivity contribution in [2.75, 3.05) is 19.7 Å². The molecular formula is C13H19Cl2N3O4. The number of amides is 1. The molecule has 22 heavy (non-hydrogen) atoms. The van der Waals surface area contributed by atoms with Gasteiger partial charge in [-0.05, 0) is 24.6 Å². The first kappa shape index (κ1) is 20.4. The molecule has 0 fully saturated rings. The van der Waals surface area contributed by atoms with Crippen molar-refractivity contribution in [1.29, 1.82) is 0 Å². The van der Waals surface area contributed by atoms with Gasteiger partial charge in [-0.15, -0.1) is 12.4 Å². The van der Waals surface area contributed by atoms with E-state index in [1.165, 1.54) is 18.2 Å². The summed E-state index contributed by atoms with van der Waals surface area (Å²) in [6, 6.07) is 4.11. The predicted octanol–water partition coefficient (Wildman–Crippen LogP) is 2.15. The van der Waals surface area contributed by atoms with Crippen molar-refractivity contribution in [2.24, 2.45) is 11.7 Å². The Hall–Kier alpha value is -1.57. The van der Waals surface area contributed by atoms with Crippen molar-refractivity contribution in [3.63, 3.8) is 0 Å². The minimum Gasteiger partial charge on any atom is -0.486 e. The van der Waals surface area contributed by atoms with Crippen LogP contribution in [0.25, 0.3) is 0 Å². The number of hydrogen-bond donors (Lipinski definition) is 2. The summed E-state index contributed by atoms with van der Waals surface area (Å²) in [5.74, 6) is 0.103. The first-order chi connectivity index (χ1) is 9.93. The van der Waals surface area contributed by atoms with Crippen LogP contribution in [-0.4, -0.2) is 30.5 Å². The van der Waals surface area contributed by atoms with Gasteiger partial charge in [-0.2, -0.15) is 0 Å². The molecule has 3 N–H and O–H groups in total. The molecule has 124 valence electrons. The summed E-state index contributed by atoms with van der Waals surface area (Å²) < 4.78 is 5.27. The fraction of sp³-hybridized carbons (Fsp3) is 0.462. The SMILES string of the molecule is CC(CN)CNC(=O)CCOc1ccc(Cl)cc1[N+](=O)[O-].Cl. The summed E-state index contributed by atoms with van der Waals surface area (Å²) in [7, 11) is 0. The van der Waals surface area contributed by atoms with E-state index in [2.05, 4.69) is 5.32 Å². The second-order valence-corrected chi connectivity index (χ2v) is 5.05. The Morgan fingerprint density at radius 3 is 2.82 bits per heavy atom. The molecule has 0 saturated heterocycles. The van der Waals surface area contributed by atoms with E-state index in [0.717, 1.165) is 0 Å². The van der Waals surface area contributed by atoms with Gasteiger partial charge in [0.2, 0.25) is 5.91 Å². The minimum absolute atomic E-state index is 0. The lowest BCUT2D eigenvalue weighted by Crippen LogP contribution is -2.32. The van der Waals surface area contributed by atoms with Crippen molar-refractivity contribution in [3.8, 4) is 5.75 Å². The third kappa shape index (κ3) is 6.93. The highest BCUT2D eigenvalue weighted by atomic mass is 35.5. The largest absolute Gasteiger partial charge is 0.486 e. The molecular weight excluding hydrogens is 333 g/mol. The van der Waals surface area contributed by atoms with E-state index < -0.39 is 4.92 Å². The Labute approximate surface area is 139 Å². The number of nitrogens with one attached hydrogen (secondary N) is 1. The van der Waals surface area contributed by atoms with Crippen molar-refractivity contribution in [1.82, 2.24) is 5.32 Å². The predicted molar refractivity (Wildman–Crippen MR) is 86.7 cm³/mol. The van der Waals surface area contributed by atoms with Crippen LogP contribution in [0, 0.1) is 16.0 Å². The van der Waals surface area contributed by atoms with Crippen LogP contribution in [0.3, 0.4) is 0 Å². The van der Waals surface area contributed by atoms with Crippen LogP contribution in [0.4, 0.5) is 5.69 Å². The van der Waals surface area contributed by atoms with Gasteiger partial charge in [0.05, 0.1) is 18.0 Å². The summed E-state index contributed by atoms with van der Waals surface area (Å²) in [5.41, 5.74) is 5.22. The molecule has 1 atom stereocenters. The number of carbonyl (C=O) groups excluding carboxylic acids is 1. The normalized spacial score (nSPS) is 11.2. The van der Waals surface area contributed by atoms with Gasteiger partial charge in [0.1, 0.15) is 0 Å². The van der Waals surface area contributed by atoms with E-state index in [1.54, 1.807) is 0 Å². The smallest absolute Gasteiger partial charge is 0.312 e. The molecule has 0 bridgehead atoms. The van der Waals surface area contributed by atoms with E-state index in [-0.39, 0.29) is 53.7 Å². The number of rotatable bonds is 8. The Kier molecular flexibility index (Phi) is 9.48. The first-order valence-corrected chi connectivity index (χ1v) is 6.85. The molecule has 1 rings (SSSR count). The van der Waals surface area contributed by atoms with Gasteiger partial charge >= 0.3 is 5.69 Å². The maximum atomic E-state index is 11.5. The number of halogens is 2. The average Bonchev–Trinajstić information content (AvgIpc) is 2.45. The van der Waals surface area contributed by atoms with Crippen LogP contribution in [0.5, 0.6) is 5.75 Å². The van der Waals surface area contributed by atoms with E-state index in [1.807, 2.05) is 6.92 Å². The lowest BCUT2D eigenvalue weighted by molar-refractivity contribution is -0.385. The molecule has 1 aromatic carbocycles. The lowest BCUT2D eigenvalue weighted by Gasteiger charge is -2.10. The van der Waals surface area contributed by atoms with Crippen LogP contribution in [0.15, 0.2) is 18.2 Å². The highest BCUT2D eigenvalue weighted by molar-refractivity contribution is 6.30. The summed E-state index contributed by atoms with van der Waals surface area (Å²) in [4.78, 5) is 21.8. The maximum absolute atomic E-state index is 11.5. The number of ether oxygens (including phenoxy) is 1. The van der Waals surface area contributed by atoms with Gasteiger partial charge in [0, 0.05) is 17.6 Å². The zero-order valence-corrected chi connectivity index (χ0v) is 13.7. The number of benzene rings is 1. The van der Waals surface area contributed by atoms with Crippen LogP contribution >= 0.6 is 24.0 Å². The Morgan fingerprint density at radius 1 is 1.55 bits per heavy atom. The van der Waals surface area contributed by atoms with E-state index >= 15 is 0 Å². The number of nitrogens with zero attached hydrogens (tertiary/aromatic N) is 1. The average molecular weight is 352 g/mol. The molecule has 0 radical (unpaired) electrons. The van der Waals surface area contributed by atoms with Crippen molar-refractivity contribution in [3.05, 3.63) is 33.3 Å². The summed E-state index contributed by atoms with van der Waals surface area (Å²) in [6.45, 7) is 2.96. The topological polar surface area (TPSA) is 107 Å². The maximum Gasteiger partial charge on any atom is 0.312 e. The number of nitro benzene ring substituents is 1. The van der Waals surface area contributed by atoms with E-state index in [0.29, 0.717) is 13.1 Å². The fourth-order valence-electron chi connectivity index (χ4n) is 1.47. The molecule has 0 aliphatic heterocycles. The molecule has 1 unspecified atom stereocenters. The Morgan fingerprint density at radius 2 is 2.23 bits per heavy atom. The van der Waals surface area contributed by atoms with Gasteiger partial charge in [-0.3, -0.25) is 14.9 Å². The van der Waals surface area contributed by atoms with Gasteiger partial charge in [0.25, 0.3) is 0 Å². The summed E-state index contributed by atoms with van der Waals surface area (Å²) >= 11 is 5.70. The monoisotopic (exact) mass is 351 g/mol. The molecule has 1 amide bonds. The third-order valence-corrected chi connectivity index (χ3v) is 2.99. The third-order valence-electron chi connectivity index (χ3n) is 2.75. The first-order valence-electron chi connectivity index (χ1n) is 6.47. The van der Waals surface area contributed by atoms with Gasteiger partial charge in [0.15, 0.2) is 5.75 Å². The van der Waals surface area contributed by atoms with Gasteiger partial charge < -0.3 is 15.8 Å². The molecule has 7 nitrogen and oxygen atoms in total. The summed E-state index contributed by atoms with van der Waals surface area (Å²) in [5, 5.41) is 13.8. The number of nitrogens with two attached hydrogens (primary N) is 1. The second-order valence-electron chi connectivity index (χ2n) is 4.61. The Balaban J connectivity index is 0.00000441. The Bertz CT molecular complexity index is 514. The van der Waals surface area contributed by atoms with Crippen LogP contribution in [-0.2, 0) is 4.79 Å². The van der Waals surface area contributed by atoms with Crippen LogP contribution in [0.2, 0.25) is 5.02 Å². The highest BCUT2D eigenvalue weighted by Gasteiger charge is 2.16. The van der Waals surface area contributed by atoms with Gasteiger partial charge in [-0.25, -0.2) is 0 Å². The van der Waals surface area contributed by atoms with Crippen molar-refractivity contribution >= 4 is 35.6 Å². The summed E-state index contributed by atoms with van der Waals surface area (Å²) in [6.07, 6.45) is 0.108. The molecule has 0 aromatic heterocycles. The molecule has 0 heterocycles. The van der Waals surface area contributed by atoms with E-state index in [9.17, 15) is 14.9 Å². The number of carbonyl (C=O) groups is 1. The zero-order chi connectivity index (χ0) is 15.8. The van der Waals surface area contributed by atoms with Crippen LogP contribution < -0.4 is 15.8 Å². The second kappa shape index (κ2) is 10.2. The fourth-order valence-corrected chi connectivity index (χ4v) is 1.64. The molecule has 0 aliphatic carbocycles. The van der Waals surface area contributed by atoms with Crippen molar-refractivity contribution in [2.45, 2.75) is 13.3 Å². The van der Waals surface area contributed by atoms with Crippen molar-refractivity contribution < 1.29 is 14.5 Å². The van der Waals surface area contributed by atoms with E-state index in [4.69, 9.17) is 22.1 Å². The molecule has 1 aromatic rings. The standard InChI is InChI=1S/C13H18ClN3O4.ClH/c1-9(7-15)8-16-13(18)4-5-21-12-3-2-10(14)6-11(12)17(19)20;/h2-3,6,9H,4-5,7-8,15H2,1H3,(H,16,18);1H. The molecule has 0 saturated carbocycles. The lowest BCUT2D eigenvalue weighted by atomic mass is 10.2. The van der Waals surface area contributed by atoms with Gasteiger partial charge in [-0.1, -0.05) is 18.5 Å². The minimum atomic E-state index is -0.579. The molecule has 0 spiro atoms. The zero-order valence-electron chi connectivity index (χ0n) is 12.1. The number of hydrogen-bond acceptors (Lipinski definition) is 5. The van der Waals surface area contributed by atoms with Crippen LogP contribution in [0.1, 0.15) is 13.3 Å². The molecule has 9 heteroatoms. The molecule has 0 aliphatic rings. The highest BCUT2D eigenvalue weighted by Crippen LogP contribution is 2.29.